The zero-order valence-electron chi connectivity index (χ0n) is 9.34. The lowest BCUT2D eigenvalue weighted by atomic mass is 9.61. The summed E-state index contributed by atoms with van der Waals surface area (Å²) in [5.41, 5.74) is 0. The van der Waals surface area contributed by atoms with Gasteiger partial charge in [0.1, 0.15) is 6.79 Å². The molecule has 1 aliphatic heterocycles. The van der Waals surface area contributed by atoms with Crippen LogP contribution in [0.3, 0.4) is 0 Å². The van der Waals surface area contributed by atoms with Gasteiger partial charge in [-0.25, -0.2) is 0 Å². The Morgan fingerprint density at radius 2 is 2.00 bits per heavy atom. The van der Waals surface area contributed by atoms with Gasteiger partial charge >= 0.3 is 7.12 Å². The van der Waals surface area contributed by atoms with Gasteiger partial charge in [-0.05, 0) is 18.3 Å². The smallest absolute Gasteiger partial charge is 0.411 e. The van der Waals surface area contributed by atoms with Crippen LogP contribution in [0, 0.1) is 0 Å². The summed E-state index contributed by atoms with van der Waals surface area (Å²) in [5.74, 6) is 0. The second-order valence-corrected chi connectivity index (χ2v) is 4.56. The van der Waals surface area contributed by atoms with Crippen molar-refractivity contribution in [3.8, 4) is 0 Å². The summed E-state index contributed by atoms with van der Waals surface area (Å²) >= 11 is 0. The van der Waals surface area contributed by atoms with Crippen LogP contribution in [0.5, 0.6) is 0 Å². The first-order valence-electron chi connectivity index (χ1n) is 5.12. The quantitative estimate of drug-likeness (QED) is 0.598. The Balaban J connectivity index is 2.38. The molecule has 0 aromatic rings. The Labute approximate surface area is 86.4 Å². The van der Waals surface area contributed by atoms with Gasteiger partial charge in [0.15, 0.2) is 0 Å². The molecule has 0 aromatic heterocycles. The van der Waals surface area contributed by atoms with E-state index in [-0.39, 0.29) is 19.2 Å². The molecule has 0 spiro atoms. The molecule has 1 N–H and O–H groups in total. The predicted molar refractivity (Wildman–Crippen MR) is 55.9 cm³/mol. The average molecular weight is 201 g/mol. The van der Waals surface area contributed by atoms with Crippen LogP contribution in [0.2, 0.25) is 5.31 Å². The molecule has 14 heavy (non-hydrogen) atoms. The molecule has 1 aliphatic rings. The van der Waals surface area contributed by atoms with Crippen molar-refractivity contribution in [3.63, 3.8) is 0 Å². The van der Waals surface area contributed by atoms with Crippen LogP contribution in [-0.2, 0) is 14.0 Å². The monoisotopic (exact) mass is 201 g/mol. The molecule has 0 bridgehead atoms. The zero-order chi connectivity index (χ0) is 10.4. The van der Waals surface area contributed by atoms with Crippen molar-refractivity contribution in [1.29, 1.82) is 0 Å². The van der Waals surface area contributed by atoms with Crippen molar-refractivity contribution in [2.45, 2.75) is 32.5 Å². The van der Waals surface area contributed by atoms with Gasteiger partial charge in [0.05, 0.1) is 6.73 Å². The fourth-order valence-corrected chi connectivity index (χ4v) is 1.23. The van der Waals surface area contributed by atoms with Crippen molar-refractivity contribution >= 4 is 7.12 Å². The van der Waals surface area contributed by atoms with E-state index in [1.807, 2.05) is 0 Å². The van der Waals surface area contributed by atoms with E-state index in [9.17, 15) is 0 Å². The van der Waals surface area contributed by atoms with E-state index < -0.39 is 0 Å². The largest absolute Gasteiger partial charge is 0.464 e. The first kappa shape index (κ1) is 12.0. The van der Waals surface area contributed by atoms with Gasteiger partial charge in [0, 0.05) is 6.61 Å². The van der Waals surface area contributed by atoms with Gasteiger partial charge in [0.25, 0.3) is 0 Å². The zero-order valence-corrected chi connectivity index (χ0v) is 9.34. The van der Waals surface area contributed by atoms with E-state index in [4.69, 9.17) is 14.0 Å². The maximum absolute atomic E-state index is 5.64. The summed E-state index contributed by atoms with van der Waals surface area (Å²) in [6.45, 7) is 8.79. The van der Waals surface area contributed by atoms with E-state index in [2.05, 4.69) is 26.1 Å². The second kappa shape index (κ2) is 5.71. The summed E-state index contributed by atoms with van der Waals surface area (Å²) in [7, 11) is -0.180. The van der Waals surface area contributed by atoms with Crippen LogP contribution in [0.25, 0.3) is 0 Å². The van der Waals surface area contributed by atoms with Crippen LogP contribution in [0.4, 0.5) is 0 Å². The van der Waals surface area contributed by atoms with E-state index in [0.29, 0.717) is 6.73 Å². The summed E-state index contributed by atoms with van der Waals surface area (Å²) in [6.07, 6.45) is 0.985. The first-order chi connectivity index (χ1) is 6.61. The Morgan fingerprint density at radius 3 is 2.71 bits per heavy atom. The Kier molecular flexibility index (Phi) is 4.88. The van der Waals surface area contributed by atoms with Gasteiger partial charge < -0.3 is 14.0 Å². The van der Waals surface area contributed by atoms with E-state index in [1.165, 1.54) is 0 Å². The lowest BCUT2D eigenvalue weighted by molar-refractivity contribution is -0.0188. The highest BCUT2D eigenvalue weighted by molar-refractivity contribution is 6.48. The lowest BCUT2D eigenvalue weighted by Gasteiger charge is -2.26. The van der Waals surface area contributed by atoms with Crippen molar-refractivity contribution in [2.75, 3.05) is 26.7 Å². The topological polar surface area (TPSA) is 39.7 Å². The van der Waals surface area contributed by atoms with Crippen molar-refractivity contribution in [2.24, 2.45) is 0 Å². The summed E-state index contributed by atoms with van der Waals surface area (Å²) in [6, 6.07) is 0. The summed E-state index contributed by atoms with van der Waals surface area (Å²) in [5, 5.41) is 3.12. The molecule has 0 unspecified atom stereocenters. The van der Waals surface area contributed by atoms with E-state index in [1.54, 1.807) is 0 Å². The van der Waals surface area contributed by atoms with Crippen LogP contribution in [0.1, 0.15) is 27.2 Å². The Hall–Kier alpha value is -0.0951. The highest BCUT2D eigenvalue weighted by Crippen LogP contribution is 2.28. The summed E-state index contributed by atoms with van der Waals surface area (Å²) in [4.78, 5) is 0. The molecule has 1 heterocycles. The molecule has 0 saturated carbocycles. The molecule has 0 atom stereocenters. The molecular formula is C9H20BNO3. The fourth-order valence-electron chi connectivity index (χ4n) is 1.23. The van der Waals surface area contributed by atoms with Gasteiger partial charge in [-0.1, -0.05) is 20.8 Å². The fraction of sp³-hybridized carbons (Fsp3) is 1.00. The minimum Gasteiger partial charge on any atom is -0.411 e. The van der Waals surface area contributed by atoms with Crippen molar-refractivity contribution in [3.05, 3.63) is 0 Å². The maximum atomic E-state index is 5.64. The third-order valence-electron chi connectivity index (χ3n) is 1.98. The average Bonchev–Trinajstić information content (AvgIpc) is 2.12. The maximum Gasteiger partial charge on any atom is 0.464 e. The van der Waals surface area contributed by atoms with Gasteiger partial charge in [-0.2, -0.15) is 0 Å². The molecule has 0 aromatic carbocycles. The molecule has 0 amide bonds. The Bertz CT molecular complexity index is 151. The third-order valence-corrected chi connectivity index (χ3v) is 1.98. The molecule has 0 aliphatic carbocycles. The second-order valence-electron chi connectivity index (χ2n) is 4.56. The van der Waals surface area contributed by atoms with Crippen LogP contribution < -0.4 is 5.32 Å². The van der Waals surface area contributed by atoms with Gasteiger partial charge in [0.2, 0.25) is 0 Å². The minimum atomic E-state index is -0.180. The number of hydrogen-bond acceptors (Lipinski definition) is 4. The molecule has 1 saturated heterocycles. The van der Waals surface area contributed by atoms with Crippen LogP contribution in [-0.4, -0.2) is 33.8 Å². The summed E-state index contributed by atoms with van der Waals surface area (Å²) < 4.78 is 16.4. The lowest BCUT2D eigenvalue weighted by Crippen LogP contribution is -2.36. The molecule has 1 fully saturated rings. The highest BCUT2D eigenvalue weighted by atomic mass is 16.7. The number of nitrogens with one attached hydrogen (secondary N) is 1. The molecule has 4 nitrogen and oxygen atoms in total. The minimum absolute atomic E-state index is 0.00398. The Morgan fingerprint density at radius 1 is 1.21 bits per heavy atom. The number of ether oxygens (including phenoxy) is 1. The molecule has 1 rings (SSSR count). The van der Waals surface area contributed by atoms with Gasteiger partial charge in [-0.3, -0.25) is 5.32 Å². The molecule has 82 valence electrons. The van der Waals surface area contributed by atoms with Crippen LogP contribution >= 0.6 is 0 Å². The predicted octanol–water partition coefficient (Wildman–Crippen LogP) is 1.23. The normalized spacial score (nSPS) is 22.1. The number of rotatable bonds is 0. The molecule has 5 heteroatoms. The van der Waals surface area contributed by atoms with Crippen LogP contribution in [0.15, 0.2) is 0 Å². The van der Waals surface area contributed by atoms with Gasteiger partial charge in [-0.15, -0.1) is 0 Å². The first-order valence-corrected chi connectivity index (χ1v) is 5.12. The van der Waals surface area contributed by atoms with E-state index in [0.717, 1.165) is 19.6 Å². The highest BCUT2D eigenvalue weighted by Gasteiger charge is 2.33. The number of hydrogen-bond donors (Lipinski definition) is 1. The van der Waals surface area contributed by atoms with E-state index >= 15 is 0 Å². The standard InChI is InChI=1S/C9H20BNO3/c1-9(2,3)10-13-6-4-5-11-7-12-8-14-10/h11H,4-8H2,1-3H3. The third kappa shape index (κ3) is 4.42. The molecule has 0 radical (unpaired) electrons. The van der Waals surface area contributed by atoms with Crippen molar-refractivity contribution < 1.29 is 14.0 Å². The van der Waals surface area contributed by atoms with Crippen molar-refractivity contribution in [1.82, 2.24) is 5.32 Å². The molecular weight excluding hydrogens is 181 g/mol. The SMILES string of the molecule is CC(C)(C)B1OCCCNCOCO1.